The van der Waals surface area contributed by atoms with Crippen molar-refractivity contribution in [1.29, 1.82) is 0 Å². The van der Waals surface area contributed by atoms with Gasteiger partial charge >= 0.3 is 0 Å². The van der Waals surface area contributed by atoms with E-state index in [9.17, 15) is 0 Å². The number of nitrogens with one attached hydrogen (secondary N) is 2. The van der Waals surface area contributed by atoms with E-state index in [1.54, 1.807) is 0 Å². The van der Waals surface area contributed by atoms with Crippen molar-refractivity contribution in [2.45, 2.75) is 46.1 Å². The molecule has 1 aromatic rings. The molecule has 6 heteroatoms. The lowest BCUT2D eigenvalue weighted by atomic mass is 10.1. The third-order valence-electron chi connectivity index (χ3n) is 5.58. The number of guanidine groups is 1. The van der Waals surface area contributed by atoms with Crippen LogP contribution in [0.15, 0.2) is 35.3 Å². The van der Waals surface area contributed by atoms with E-state index in [4.69, 9.17) is 0 Å². The van der Waals surface area contributed by atoms with E-state index in [-0.39, 0.29) is 24.0 Å². The van der Waals surface area contributed by atoms with E-state index in [1.165, 1.54) is 31.5 Å². The number of hydrogen-bond donors (Lipinski definition) is 2. The van der Waals surface area contributed by atoms with Crippen LogP contribution in [0.3, 0.4) is 0 Å². The molecule has 1 fully saturated rings. The van der Waals surface area contributed by atoms with Gasteiger partial charge in [0, 0.05) is 38.4 Å². The third kappa shape index (κ3) is 8.55. The highest BCUT2D eigenvalue weighted by atomic mass is 127. The van der Waals surface area contributed by atoms with Crippen LogP contribution in [0.4, 0.5) is 5.69 Å². The molecule has 160 valence electrons. The minimum Gasteiger partial charge on any atom is -0.371 e. The molecule has 28 heavy (non-hydrogen) atoms. The Kier molecular flexibility index (Phi) is 12.5. The van der Waals surface area contributed by atoms with Crippen LogP contribution in [-0.2, 0) is 0 Å². The Hall–Kier alpha value is -1.02. The molecule has 0 amide bonds. The Morgan fingerprint density at radius 2 is 1.96 bits per heavy atom. The average Bonchev–Trinajstić information content (AvgIpc) is 3.18. The van der Waals surface area contributed by atoms with E-state index in [2.05, 4.69) is 76.5 Å². The lowest BCUT2D eigenvalue weighted by Crippen LogP contribution is -2.44. The largest absolute Gasteiger partial charge is 0.371 e. The normalized spacial score (nSPS) is 18.1. The molecule has 1 heterocycles. The molecule has 1 aromatic carbocycles. The van der Waals surface area contributed by atoms with Gasteiger partial charge in [-0.15, -0.1) is 24.0 Å². The van der Waals surface area contributed by atoms with Gasteiger partial charge in [0.25, 0.3) is 0 Å². The molecular formula is C22H40IN5. The molecule has 0 aromatic heterocycles. The molecule has 2 N–H and O–H groups in total. The highest BCUT2D eigenvalue weighted by molar-refractivity contribution is 14.0. The fraction of sp³-hybridized carbons (Fsp3) is 0.682. The summed E-state index contributed by atoms with van der Waals surface area (Å²) in [4.78, 5) is 9.38. The molecular weight excluding hydrogens is 461 g/mol. The maximum atomic E-state index is 4.41. The average molecular weight is 502 g/mol. The standard InChI is InChI=1S/C22H39N5.HI/c1-5-26(6-2)15-10-11-19(3)25-22(23-4)24-17-20-14-16-27(18-20)21-12-8-7-9-13-21;/h7-9,12-13,19-20H,5-6,10-11,14-18H2,1-4H3,(H2,23,24,25);1H. The Morgan fingerprint density at radius 1 is 1.25 bits per heavy atom. The predicted molar refractivity (Wildman–Crippen MR) is 133 cm³/mol. The number of nitrogens with zero attached hydrogens (tertiary/aromatic N) is 3. The van der Waals surface area contributed by atoms with E-state index in [0.717, 1.165) is 38.7 Å². The number of rotatable bonds is 10. The van der Waals surface area contributed by atoms with Gasteiger partial charge in [-0.1, -0.05) is 32.0 Å². The van der Waals surface area contributed by atoms with Crippen LogP contribution in [0.5, 0.6) is 0 Å². The first-order valence-electron chi connectivity index (χ1n) is 10.7. The summed E-state index contributed by atoms with van der Waals surface area (Å²) in [5.41, 5.74) is 1.34. The zero-order valence-corrected chi connectivity index (χ0v) is 20.5. The molecule has 1 saturated heterocycles. The molecule has 0 aliphatic carbocycles. The summed E-state index contributed by atoms with van der Waals surface area (Å²) in [7, 11) is 1.86. The van der Waals surface area contributed by atoms with E-state index < -0.39 is 0 Å². The van der Waals surface area contributed by atoms with Crippen molar-refractivity contribution in [3.8, 4) is 0 Å². The van der Waals surface area contributed by atoms with Crippen molar-refractivity contribution >= 4 is 35.6 Å². The van der Waals surface area contributed by atoms with Crippen LogP contribution in [0, 0.1) is 5.92 Å². The number of anilines is 1. The molecule has 0 saturated carbocycles. The van der Waals surface area contributed by atoms with Gasteiger partial charge in [-0.2, -0.15) is 0 Å². The molecule has 0 spiro atoms. The second-order valence-corrected chi connectivity index (χ2v) is 7.60. The SMILES string of the molecule is CCN(CC)CCCC(C)NC(=NC)NCC1CCN(c2ccccc2)C1.I. The molecule has 5 nitrogen and oxygen atoms in total. The molecule has 0 radical (unpaired) electrons. The quantitative estimate of drug-likeness (QED) is 0.291. The third-order valence-corrected chi connectivity index (χ3v) is 5.58. The molecule has 2 rings (SSSR count). The monoisotopic (exact) mass is 501 g/mol. The molecule has 1 aliphatic rings. The molecule has 2 unspecified atom stereocenters. The maximum Gasteiger partial charge on any atom is 0.191 e. The van der Waals surface area contributed by atoms with Crippen LogP contribution in [0.1, 0.15) is 40.0 Å². The first kappa shape index (κ1) is 25.0. The van der Waals surface area contributed by atoms with Crippen LogP contribution in [0.2, 0.25) is 0 Å². The summed E-state index contributed by atoms with van der Waals surface area (Å²) >= 11 is 0. The summed E-state index contributed by atoms with van der Waals surface area (Å²) in [5, 5.41) is 7.09. The summed E-state index contributed by atoms with van der Waals surface area (Å²) in [5.74, 6) is 1.60. The zero-order valence-electron chi connectivity index (χ0n) is 18.2. The number of para-hydroxylation sites is 1. The second kappa shape index (κ2) is 14.0. The fourth-order valence-electron chi connectivity index (χ4n) is 3.77. The van der Waals surface area contributed by atoms with Gasteiger partial charge in [-0.05, 0) is 63.9 Å². The molecule has 0 bridgehead atoms. The maximum absolute atomic E-state index is 4.41. The van der Waals surface area contributed by atoms with E-state index >= 15 is 0 Å². The summed E-state index contributed by atoms with van der Waals surface area (Å²) in [6, 6.07) is 11.2. The van der Waals surface area contributed by atoms with Crippen LogP contribution in [-0.4, -0.2) is 63.2 Å². The minimum absolute atomic E-state index is 0. The zero-order chi connectivity index (χ0) is 19.5. The van der Waals surface area contributed by atoms with Gasteiger partial charge < -0.3 is 20.4 Å². The van der Waals surface area contributed by atoms with Crippen molar-refractivity contribution in [3.05, 3.63) is 30.3 Å². The number of halogens is 1. The number of benzene rings is 1. The molecule has 2 atom stereocenters. The number of aliphatic imine (C=N–C) groups is 1. The van der Waals surface area contributed by atoms with Crippen LogP contribution >= 0.6 is 24.0 Å². The van der Waals surface area contributed by atoms with Gasteiger partial charge in [0.15, 0.2) is 5.96 Å². The topological polar surface area (TPSA) is 42.9 Å². The van der Waals surface area contributed by atoms with E-state index in [0.29, 0.717) is 12.0 Å². The van der Waals surface area contributed by atoms with Crippen molar-refractivity contribution < 1.29 is 0 Å². The fourth-order valence-corrected chi connectivity index (χ4v) is 3.77. The summed E-state index contributed by atoms with van der Waals surface area (Å²) in [6.07, 6.45) is 3.63. The Morgan fingerprint density at radius 3 is 2.61 bits per heavy atom. The molecule has 1 aliphatic heterocycles. The van der Waals surface area contributed by atoms with Gasteiger partial charge in [0.2, 0.25) is 0 Å². The second-order valence-electron chi connectivity index (χ2n) is 7.60. The summed E-state index contributed by atoms with van der Waals surface area (Å²) in [6.45, 7) is 13.4. The smallest absolute Gasteiger partial charge is 0.191 e. The van der Waals surface area contributed by atoms with Gasteiger partial charge in [0.05, 0.1) is 0 Å². The summed E-state index contributed by atoms with van der Waals surface area (Å²) < 4.78 is 0. The highest BCUT2D eigenvalue weighted by Crippen LogP contribution is 2.22. The van der Waals surface area contributed by atoms with Crippen molar-refractivity contribution in [2.75, 3.05) is 51.2 Å². The number of hydrogen-bond acceptors (Lipinski definition) is 3. The van der Waals surface area contributed by atoms with Gasteiger partial charge in [-0.3, -0.25) is 4.99 Å². The Balaban J connectivity index is 0.00000392. The lowest BCUT2D eigenvalue weighted by Gasteiger charge is -2.22. The van der Waals surface area contributed by atoms with Crippen LogP contribution in [0.25, 0.3) is 0 Å². The Labute approximate surface area is 189 Å². The first-order chi connectivity index (χ1) is 13.2. The highest BCUT2D eigenvalue weighted by Gasteiger charge is 2.22. The van der Waals surface area contributed by atoms with Crippen molar-refractivity contribution in [2.24, 2.45) is 10.9 Å². The van der Waals surface area contributed by atoms with Crippen molar-refractivity contribution in [3.63, 3.8) is 0 Å². The van der Waals surface area contributed by atoms with Gasteiger partial charge in [0.1, 0.15) is 0 Å². The van der Waals surface area contributed by atoms with Crippen molar-refractivity contribution in [1.82, 2.24) is 15.5 Å². The predicted octanol–water partition coefficient (Wildman–Crippen LogP) is 3.81. The van der Waals surface area contributed by atoms with Crippen LogP contribution < -0.4 is 15.5 Å². The Bertz CT molecular complexity index is 547. The van der Waals surface area contributed by atoms with Gasteiger partial charge in [-0.25, -0.2) is 0 Å². The lowest BCUT2D eigenvalue weighted by molar-refractivity contribution is 0.292. The minimum atomic E-state index is 0. The first-order valence-corrected chi connectivity index (χ1v) is 10.7. The van der Waals surface area contributed by atoms with E-state index in [1.807, 2.05) is 7.05 Å².